The van der Waals surface area contributed by atoms with E-state index >= 15 is 0 Å². The lowest BCUT2D eigenvalue weighted by Gasteiger charge is -2.34. The fourth-order valence-corrected chi connectivity index (χ4v) is 3.64. The normalized spacial score (nSPS) is 23.1. The average molecular weight is 326 g/mol. The highest BCUT2D eigenvalue weighted by Gasteiger charge is 2.29. The molecule has 3 heterocycles. The molecule has 2 aliphatic heterocycles. The van der Waals surface area contributed by atoms with Crippen LogP contribution in [0, 0.1) is 0 Å². The number of benzene rings is 1. The molecular formula is C18H22N4O2. The molecule has 1 N–H and O–H groups in total. The Morgan fingerprint density at radius 3 is 3.00 bits per heavy atom. The van der Waals surface area contributed by atoms with E-state index in [0.29, 0.717) is 6.04 Å². The largest absolute Gasteiger partial charge is 0.380 e. The minimum atomic E-state index is 0.0834. The van der Waals surface area contributed by atoms with Crippen molar-refractivity contribution < 1.29 is 9.53 Å². The van der Waals surface area contributed by atoms with Crippen molar-refractivity contribution in [2.45, 2.75) is 31.8 Å². The highest BCUT2D eigenvalue weighted by atomic mass is 16.5. The number of aromatic nitrogens is 2. The van der Waals surface area contributed by atoms with E-state index in [4.69, 9.17) is 4.74 Å². The third-order valence-electron chi connectivity index (χ3n) is 4.83. The van der Waals surface area contributed by atoms with E-state index in [-0.39, 0.29) is 11.9 Å². The van der Waals surface area contributed by atoms with Gasteiger partial charge in [0.2, 0.25) is 5.91 Å². The summed E-state index contributed by atoms with van der Waals surface area (Å²) in [6.07, 6.45) is 5.68. The predicted octanol–water partition coefficient (Wildman–Crippen LogP) is 2.43. The van der Waals surface area contributed by atoms with Gasteiger partial charge in [0, 0.05) is 49.4 Å². The van der Waals surface area contributed by atoms with Crippen LogP contribution in [-0.4, -0.2) is 41.5 Å². The quantitative estimate of drug-likeness (QED) is 0.941. The maximum atomic E-state index is 12.0. The molecule has 2 aliphatic rings. The number of nitrogens with one attached hydrogen (secondary N) is 1. The van der Waals surface area contributed by atoms with E-state index in [1.165, 1.54) is 0 Å². The number of hydrogen-bond donors (Lipinski definition) is 1. The number of rotatable bonds is 3. The minimum absolute atomic E-state index is 0.0834. The van der Waals surface area contributed by atoms with Gasteiger partial charge in [0.15, 0.2) is 0 Å². The molecule has 0 aliphatic carbocycles. The predicted molar refractivity (Wildman–Crippen MR) is 92.3 cm³/mol. The van der Waals surface area contributed by atoms with Gasteiger partial charge < -0.3 is 15.0 Å². The van der Waals surface area contributed by atoms with Crippen molar-refractivity contribution in [3.8, 4) is 0 Å². The first-order valence-corrected chi connectivity index (χ1v) is 8.48. The number of carbonyl (C=O) groups excluding carboxylic acids is 1. The third kappa shape index (κ3) is 2.78. The van der Waals surface area contributed by atoms with Crippen LogP contribution in [0.1, 0.15) is 31.4 Å². The van der Waals surface area contributed by atoms with Crippen LogP contribution < -0.4 is 10.2 Å². The summed E-state index contributed by atoms with van der Waals surface area (Å²) in [7, 11) is 0. The molecule has 0 radical (unpaired) electrons. The molecule has 1 fully saturated rings. The summed E-state index contributed by atoms with van der Waals surface area (Å²) in [6.45, 7) is 3.91. The topological polar surface area (TPSA) is 59.4 Å². The van der Waals surface area contributed by atoms with Gasteiger partial charge >= 0.3 is 0 Å². The van der Waals surface area contributed by atoms with Crippen LogP contribution in [0.5, 0.6) is 0 Å². The van der Waals surface area contributed by atoms with Crippen molar-refractivity contribution in [3.63, 3.8) is 0 Å². The van der Waals surface area contributed by atoms with Gasteiger partial charge in [0.1, 0.15) is 0 Å². The van der Waals surface area contributed by atoms with Gasteiger partial charge in [-0.25, -0.2) is 0 Å². The van der Waals surface area contributed by atoms with E-state index in [9.17, 15) is 4.79 Å². The molecule has 2 atom stereocenters. The first-order chi connectivity index (χ1) is 11.7. The fourth-order valence-electron chi connectivity index (χ4n) is 3.64. The standard InChI is InChI=1S/C18H22N4O2/c1-13(23)21-9-5-18(22-8-2-7-19-22)16-11-14(3-4-17(16)21)20-15-6-10-24-12-15/h2-4,7-8,11,15,18,20H,5-6,9-10,12H2,1H3. The van der Waals surface area contributed by atoms with Crippen molar-refractivity contribution >= 4 is 17.3 Å². The van der Waals surface area contributed by atoms with Crippen LogP contribution in [0.15, 0.2) is 36.7 Å². The number of nitrogens with zero attached hydrogens (tertiary/aromatic N) is 3. The van der Waals surface area contributed by atoms with Gasteiger partial charge in [-0.1, -0.05) is 0 Å². The first-order valence-electron chi connectivity index (χ1n) is 8.48. The molecule has 24 heavy (non-hydrogen) atoms. The monoisotopic (exact) mass is 326 g/mol. The van der Waals surface area contributed by atoms with Crippen molar-refractivity contribution in [2.75, 3.05) is 30.0 Å². The molecule has 1 aromatic heterocycles. The molecule has 126 valence electrons. The Balaban J connectivity index is 1.70. The number of fused-ring (bicyclic) bond motifs is 1. The Labute approximate surface area is 141 Å². The van der Waals surface area contributed by atoms with Crippen LogP contribution >= 0.6 is 0 Å². The molecular weight excluding hydrogens is 304 g/mol. The first kappa shape index (κ1) is 15.2. The molecule has 0 saturated carbocycles. The second-order valence-electron chi connectivity index (χ2n) is 6.44. The molecule has 4 rings (SSSR count). The van der Waals surface area contributed by atoms with Crippen LogP contribution in [0.3, 0.4) is 0 Å². The van der Waals surface area contributed by atoms with E-state index in [1.54, 1.807) is 13.1 Å². The summed E-state index contributed by atoms with van der Waals surface area (Å²) >= 11 is 0. The smallest absolute Gasteiger partial charge is 0.223 e. The van der Waals surface area contributed by atoms with Gasteiger partial charge in [-0.3, -0.25) is 9.48 Å². The highest BCUT2D eigenvalue weighted by Crippen LogP contribution is 2.38. The van der Waals surface area contributed by atoms with E-state index < -0.39 is 0 Å². The van der Waals surface area contributed by atoms with Crippen LogP contribution in [0.2, 0.25) is 0 Å². The number of carbonyl (C=O) groups is 1. The maximum absolute atomic E-state index is 12.0. The molecule has 1 aromatic carbocycles. The Morgan fingerprint density at radius 2 is 2.29 bits per heavy atom. The lowest BCUT2D eigenvalue weighted by Crippen LogP contribution is -2.36. The highest BCUT2D eigenvalue weighted by molar-refractivity contribution is 5.93. The zero-order valence-electron chi connectivity index (χ0n) is 13.8. The fraction of sp³-hybridized carbons (Fsp3) is 0.444. The molecule has 0 spiro atoms. The number of ether oxygens (including phenoxy) is 1. The van der Waals surface area contributed by atoms with Crippen LogP contribution in [0.4, 0.5) is 11.4 Å². The van der Waals surface area contributed by atoms with E-state index in [0.717, 1.165) is 49.5 Å². The summed E-state index contributed by atoms with van der Waals surface area (Å²) < 4.78 is 7.43. The number of anilines is 2. The summed E-state index contributed by atoms with van der Waals surface area (Å²) in [4.78, 5) is 13.8. The molecule has 6 heteroatoms. The summed E-state index contributed by atoms with van der Waals surface area (Å²) in [5.74, 6) is 0.0834. The molecule has 2 unspecified atom stereocenters. The molecule has 1 amide bonds. The molecule has 1 saturated heterocycles. The molecule has 2 aromatic rings. The van der Waals surface area contributed by atoms with Gasteiger partial charge in [-0.15, -0.1) is 0 Å². The lowest BCUT2D eigenvalue weighted by molar-refractivity contribution is -0.116. The lowest BCUT2D eigenvalue weighted by atomic mass is 9.95. The van der Waals surface area contributed by atoms with Crippen molar-refractivity contribution in [2.24, 2.45) is 0 Å². The Bertz CT molecular complexity index is 723. The zero-order valence-corrected chi connectivity index (χ0v) is 13.8. The second-order valence-corrected chi connectivity index (χ2v) is 6.44. The van der Waals surface area contributed by atoms with Gasteiger partial charge in [-0.2, -0.15) is 5.10 Å². The summed E-state index contributed by atoms with van der Waals surface area (Å²) in [6, 6.07) is 8.72. The summed E-state index contributed by atoms with van der Waals surface area (Å²) in [5, 5.41) is 7.96. The Hall–Kier alpha value is -2.34. The third-order valence-corrected chi connectivity index (χ3v) is 4.83. The Morgan fingerprint density at radius 1 is 1.38 bits per heavy atom. The number of hydrogen-bond acceptors (Lipinski definition) is 4. The summed E-state index contributed by atoms with van der Waals surface area (Å²) in [5.41, 5.74) is 3.21. The number of amides is 1. The van der Waals surface area contributed by atoms with Crippen LogP contribution in [-0.2, 0) is 9.53 Å². The van der Waals surface area contributed by atoms with E-state index in [1.807, 2.05) is 27.9 Å². The van der Waals surface area contributed by atoms with Crippen molar-refractivity contribution in [1.29, 1.82) is 0 Å². The minimum Gasteiger partial charge on any atom is -0.380 e. The van der Waals surface area contributed by atoms with Crippen molar-refractivity contribution in [3.05, 3.63) is 42.2 Å². The Kier molecular flexibility index (Phi) is 3.98. The molecule has 0 bridgehead atoms. The average Bonchev–Trinajstić information content (AvgIpc) is 3.27. The van der Waals surface area contributed by atoms with Gasteiger partial charge in [0.25, 0.3) is 0 Å². The van der Waals surface area contributed by atoms with Gasteiger partial charge in [-0.05, 0) is 37.1 Å². The zero-order chi connectivity index (χ0) is 16.5. The van der Waals surface area contributed by atoms with Crippen LogP contribution in [0.25, 0.3) is 0 Å². The SMILES string of the molecule is CC(=O)N1CCC(n2cccn2)c2cc(NC3CCOC3)ccc21. The molecule has 6 nitrogen and oxygen atoms in total. The van der Waals surface area contributed by atoms with Gasteiger partial charge in [0.05, 0.1) is 18.7 Å². The maximum Gasteiger partial charge on any atom is 0.223 e. The van der Waals surface area contributed by atoms with E-state index in [2.05, 4.69) is 22.5 Å². The van der Waals surface area contributed by atoms with Crippen molar-refractivity contribution in [1.82, 2.24) is 9.78 Å². The second kappa shape index (κ2) is 6.28.